The minimum Gasteiger partial charge on any atom is -0.480 e. The maximum Gasteiger partial charge on any atom is 0.320 e. The Morgan fingerprint density at radius 2 is 2.11 bits per heavy atom. The van der Waals surface area contributed by atoms with E-state index in [1.165, 1.54) is 4.31 Å². The molecule has 2 rings (SSSR count). The van der Waals surface area contributed by atoms with E-state index in [2.05, 4.69) is 0 Å². The van der Waals surface area contributed by atoms with Gasteiger partial charge in [0.2, 0.25) is 10.0 Å². The Morgan fingerprint density at radius 1 is 1.42 bits per heavy atom. The summed E-state index contributed by atoms with van der Waals surface area (Å²) in [5.74, 6) is -1.44. The molecule has 1 atom stereocenters. The lowest BCUT2D eigenvalue weighted by molar-refractivity contribution is -0.138. The fourth-order valence-electron chi connectivity index (χ4n) is 2.11. The number of hydrogen-bond acceptors (Lipinski definition) is 4. The van der Waals surface area contributed by atoms with Gasteiger partial charge >= 0.3 is 5.97 Å². The fourth-order valence-corrected chi connectivity index (χ4v) is 3.73. The summed E-state index contributed by atoms with van der Waals surface area (Å²) in [4.78, 5) is 10.6. The lowest BCUT2D eigenvalue weighted by Crippen LogP contribution is -2.37. The molecule has 19 heavy (non-hydrogen) atoms. The Hall–Kier alpha value is -1.60. The van der Waals surface area contributed by atoms with E-state index in [1.54, 1.807) is 12.1 Å². The van der Waals surface area contributed by atoms with Crippen LogP contribution in [0, 0.1) is 0 Å². The third-order valence-electron chi connectivity index (χ3n) is 3.18. The second-order valence-electron chi connectivity index (χ2n) is 4.50. The Kier molecular flexibility index (Phi) is 3.77. The molecule has 0 saturated heterocycles. The van der Waals surface area contributed by atoms with Crippen LogP contribution in [-0.2, 0) is 21.2 Å². The van der Waals surface area contributed by atoms with Gasteiger partial charge in [-0.1, -0.05) is 18.2 Å². The molecule has 1 aromatic carbocycles. The van der Waals surface area contributed by atoms with Gasteiger partial charge in [-0.3, -0.25) is 9.10 Å². The zero-order chi connectivity index (χ0) is 14.0. The van der Waals surface area contributed by atoms with Crippen molar-refractivity contribution in [1.29, 1.82) is 0 Å². The average molecular weight is 284 g/mol. The second kappa shape index (κ2) is 5.18. The zero-order valence-corrected chi connectivity index (χ0v) is 11.1. The molecule has 0 bridgehead atoms. The SMILES string of the molecule is NC(CCS(=O)(=O)N1CCc2ccccc21)C(=O)O. The first-order valence-corrected chi connectivity index (χ1v) is 7.59. The van der Waals surface area contributed by atoms with Crippen molar-refractivity contribution < 1.29 is 18.3 Å². The highest BCUT2D eigenvalue weighted by Gasteiger charge is 2.29. The number of anilines is 1. The zero-order valence-electron chi connectivity index (χ0n) is 10.3. The number of aliphatic carboxylic acids is 1. The van der Waals surface area contributed by atoms with Gasteiger partial charge in [0.25, 0.3) is 0 Å². The molecule has 104 valence electrons. The Labute approximate surface area is 111 Å². The molecule has 1 unspecified atom stereocenters. The third kappa shape index (κ3) is 2.87. The number of carboxylic acid groups (broad SMARTS) is 1. The lowest BCUT2D eigenvalue weighted by atomic mass is 10.2. The van der Waals surface area contributed by atoms with Crippen molar-refractivity contribution in [3.8, 4) is 0 Å². The number of rotatable bonds is 5. The molecule has 1 aliphatic rings. The van der Waals surface area contributed by atoms with E-state index in [0.29, 0.717) is 18.7 Å². The Bertz CT molecular complexity index is 585. The van der Waals surface area contributed by atoms with Gasteiger partial charge in [0.05, 0.1) is 11.4 Å². The summed E-state index contributed by atoms with van der Waals surface area (Å²) in [5.41, 5.74) is 7.02. The first-order chi connectivity index (χ1) is 8.92. The van der Waals surface area contributed by atoms with E-state index < -0.39 is 22.0 Å². The number of carbonyl (C=O) groups is 1. The van der Waals surface area contributed by atoms with Gasteiger partial charge in [-0.15, -0.1) is 0 Å². The second-order valence-corrected chi connectivity index (χ2v) is 6.51. The summed E-state index contributed by atoms with van der Waals surface area (Å²) < 4.78 is 25.7. The van der Waals surface area contributed by atoms with E-state index in [-0.39, 0.29) is 12.2 Å². The number of sulfonamides is 1. The topological polar surface area (TPSA) is 101 Å². The number of fused-ring (bicyclic) bond motifs is 1. The highest BCUT2D eigenvalue weighted by molar-refractivity contribution is 7.92. The summed E-state index contributed by atoms with van der Waals surface area (Å²) >= 11 is 0. The normalized spacial score (nSPS) is 16.2. The number of benzene rings is 1. The fraction of sp³-hybridized carbons (Fsp3) is 0.417. The molecule has 0 spiro atoms. The molecular weight excluding hydrogens is 268 g/mol. The van der Waals surface area contributed by atoms with E-state index in [1.807, 2.05) is 12.1 Å². The first kappa shape index (κ1) is 13.8. The number of nitrogens with zero attached hydrogens (tertiary/aromatic N) is 1. The molecule has 1 heterocycles. The minimum absolute atomic E-state index is 0.0870. The van der Waals surface area contributed by atoms with Gasteiger partial charge in [0, 0.05) is 6.54 Å². The summed E-state index contributed by atoms with van der Waals surface area (Å²) in [6.45, 7) is 0.407. The number of carboxylic acids is 1. The van der Waals surface area contributed by atoms with Crippen LogP contribution in [0.25, 0.3) is 0 Å². The van der Waals surface area contributed by atoms with Crippen LogP contribution in [0.15, 0.2) is 24.3 Å². The predicted octanol–water partition coefficient (Wildman–Crippen LogP) is 0.181. The van der Waals surface area contributed by atoms with Crippen molar-refractivity contribution in [3.63, 3.8) is 0 Å². The molecule has 0 aromatic heterocycles. The Balaban J connectivity index is 2.12. The lowest BCUT2D eigenvalue weighted by Gasteiger charge is -2.20. The van der Waals surface area contributed by atoms with E-state index >= 15 is 0 Å². The molecule has 0 radical (unpaired) electrons. The molecule has 0 saturated carbocycles. The van der Waals surface area contributed by atoms with Gasteiger partial charge in [-0.25, -0.2) is 8.42 Å². The maximum atomic E-state index is 12.2. The molecule has 0 fully saturated rings. The van der Waals surface area contributed by atoms with Gasteiger partial charge in [0.1, 0.15) is 6.04 Å². The molecule has 0 aliphatic carbocycles. The quantitative estimate of drug-likeness (QED) is 0.803. The number of hydrogen-bond donors (Lipinski definition) is 2. The monoisotopic (exact) mass is 284 g/mol. The predicted molar refractivity (Wildman–Crippen MR) is 71.5 cm³/mol. The van der Waals surface area contributed by atoms with Crippen LogP contribution < -0.4 is 10.0 Å². The molecule has 6 nitrogen and oxygen atoms in total. The van der Waals surface area contributed by atoms with Crippen LogP contribution in [0.2, 0.25) is 0 Å². The van der Waals surface area contributed by atoms with Crippen molar-refractivity contribution in [2.75, 3.05) is 16.6 Å². The van der Waals surface area contributed by atoms with Crippen molar-refractivity contribution in [1.82, 2.24) is 0 Å². The molecular formula is C12H16N2O4S. The van der Waals surface area contributed by atoms with E-state index in [4.69, 9.17) is 10.8 Å². The van der Waals surface area contributed by atoms with Crippen LogP contribution in [0.4, 0.5) is 5.69 Å². The maximum absolute atomic E-state index is 12.2. The van der Waals surface area contributed by atoms with Gasteiger partial charge in [0.15, 0.2) is 0 Å². The largest absolute Gasteiger partial charge is 0.480 e. The summed E-state index contributed by atoms with van der Waals surface area (Å²) in [6.07, 6.45) is 0.594. The standard InChI is InChI=1S/C12H16N2O4S/c13-10(12(15)16)6-8-19(17,18)14-7-5-9-3-1-2-4-11(9)14/h1-4,10H,5-8,13H2,(H,15,16). The first-order valence-electron chi connectivity index (χ1n) is 5.98. The highest BCUT2D eigenvalue weighted by Crippen LogP contribution is 2.30. The third-order valence-corrected chi connectivity index (χ3v) is 4.99. The summed E-state index contributed by atoms with van der Waals surface area (Å²) in [6, 6.07) is 6.17. The molecule has 0 amide bonds. The van der Waals surface area contributed by atoms with Crippen LogP contribution in [-0.4, -0.2) is 37.8 Å². The summed E-state index contributed by atoms with van der Waals surface area (Å²) in [5, 5.41) is 8.67. The molecule has 3 N–H and O–H groups in total. The van der Waals surface area contributed by atoms with Gasteiger partial charge < -0.3 is 10.8 Å². The highest BCUT2D eigenvalue weighted by atomic mass is 32.2. The van der Waals surface area contributed by atoms with Crippen LogP contribution >= 0.6 is 0 Å². The van der Waals surface area contributed by atoms with Crippen LogP contribution in [0.3, 0.4) is 0 Å². The van der Waals surface area contributed by atoms with Gasteiger partial charge in [-0.2, -0.15) is 0 Å². The van der Waals surface area contributed by atoms with Gasteiger partial charge in [-0.05, 0) is 24.5 Å². The Morgan fingerprint density at radius 3 is 2.79 bits per heavy atom. The van der Waals surface area contributed by atoms with Crippen LogP contribution in [0.1, 0.15) is 12.0 Å². The smallest absolute Gasteiger partial charge is 0.320 e. The molecule has 7 heteroatoms. The molecule has 1 aliphatic heterocycles. The number of nitrogens with two attached hydrogens (primary N) is 1. The summed E-state index contributed by atoms with van der Waals surface area (Å²) in [7, 11) is -3.51. The van der Waals surface area contributed by atoms with Crippen molar-refractivity contribution in [3.05, 3.63) is 29.8 Å². The van der Waals surface area contributed by atoms with Crippen molar-refractivity contribution in [2.45, 2.75) is 18.9 Å². The molecule has 1 aromatic rings. The minimum atomic E-state index is -3.51. The number of para-hydroxylation sites is 1. The van der Waals surface area contributed by atoms with Crippen LogP contribution in [0.5, 0.6) is 0 Å². The van der Waals surface area contributed by atoms with E-state index in [9.17, 15) is 13.2 Å². The van der Waals surface area contributed by atoms with E-state index in [0.717, 1.165) is 5.56 Å². The van der Waals surface area contributed by atoms with Crippen molar-refractivity contribution >= 4 is 21.7 Å². The van der Waals surface area contributed by atoms with Crippen molar-refractivity contribution in [2.24, 2.45) is 5.73 Å². The average Bonchev–Trinajstić information content (AvgIpc) is 2.80.